The van der Waals surface area contributed by atoms with Crippen molar-refractivity contribution in [3.8, 4) is 0 Å². The lowest BCUT2D eigenvalue weighted by Crippen LogP contribution is -3.00. The molecular formula is C8H16BrN. The molecular weight excluding hydrogens is 190 g/mol. The maximum Gasteiger partial charge on any atom is 0.0969 e. The minimum atomic E-state index is 0. The maximum absolute atomic E-state index is 3.75. The molecule has 10 heavy (non-hydrogen) atoms. The third kappa shape index (κ3) is 2.43. The Bertz CT molecular complexity index is 106. The molecule has 1 saturated heterocycles. The van der Waals surface area contributed by atoms with Crippen molar-refractivity contribution in [2.45, 2.75) is 12.8 Å². The summed E-state index contributed by atoms with van der Waals surface area (Å²) in [5.74, 6) is 0. The van der Waals surface area contributed by atoms with E-state index in [4.69, 9.17) is 0 Å². The average Bonchev–Trinajstić information content (AvgIpc) is 2.16. The molecule has 0 aromatic carbocycles. The van der Waals surface area contributed by atoms with E-state index in [2.05, 4.69) is 13.6 Å². The number of quaternary nitrogens is 1. The molecule has 1 fully saturated rings. The first-order valence-electron chi connectivity index (χ1n) is 3.71. The van der Waals surface area contributed by atoms with Crippen LogP contribution >= 0.6 is 0 Å². The van der Waals surface area contributed by atoms with Crippen molar-refractivity contribution in [1.82, 2.24) is 0 Å². The fraction of sp³-hybridized carbons (Fsp3) is 0.750. The zero-order chi connectivity index (χ0) is 6.74. The van der Waals surface area contributed by atoms with Crippen LogP contribution in [0.25, 0.3) is 0 Å². The van der Waals surface area contributed by atoms with Gasteiger partial charge in [0.2, 0.25) is 0 Å². The summed E-state index contributed by atoms with van der Waals surface area (Å²) in [6.45, 7) is 7.61. The Balaban J connectivity index is 0.000000810. The third-order valence-electron chi connectivity index (χ3n) is 2.22. The van der Waals surface area contributed by atoms with Gasteiger partial charge in [0.05, 0.1) is 26.7 Å². The Morgan fingerprint density at radius 1 is 1.40 bits per heavy atom. The van der Waals surface area contributed by atoms with E-state index in [0.717, 1.165) is 6.54 Å². The molecule has 0 unspecified atom stereocenters. The summed E-state index contributed by atoms with van der Waals surface area (Å²) in [4.78, 5) is 0. The summed E-state index contributed by atoms with van der Waals surface area (Å²) in [6.07, 6.45) is 4.85. The van der Waals surface area contributed by atoms with Crippen LogP contribution in [0, 0.1) is 0 Å². The monoisotopic (exact) mass is 205 g/mol. The molecule has 0 N–H and O–H groups in total. The molecule has 2 heteroatoms. The summed E-state index contributed by atoms with van der Waals surface area (Å²) in [5, 5.41) is 0. The van der Waals surface area contributed by atoms with Crippen molar-refractivity contribution in [2.75, 3.05) is 26.7 Å². The Kier molecular flexibility index (Phi) is 4.22. The van der Waals surface area contributed by atoms with Gasteiger partial charge in [-0.25, -0.2) is 0 Å². The van der Waals surface area contributed by atoms with Crippen LogP contribution in [-0.4, -0.2) is 31.2 Å². The molecule has 1 rings (SSSR count). The summed E-state index contributed by atoms with van der Waals surface area (Å²) >= 11 is 0. The third-order valence-corrected chi connectivity index (χ3v) is 2.22. The zero-order valence-electron chi connectivity index (χ0n) is 6.65. The second-order valence-electron chi connectivity index (χ2n) is 3.25. The molecule has 60 valence electrons. The fourth-order valence-corrected chi connectivity index (χ4v) is 1.59. The normalized spacial score (nSPS) is 21.7. The molecule has 0 spiro atoms. The summed E-state index contributed by atoms with van der Waals surface area (Å²) in [7, 11) is 2.31. The Morgan fingerprint density at radius 2 is 1.90 bits per heavy atom. The quantitative estimate of drug-likeness (QED) is 0.378. The number of likely N-dealkylation sites (tertiary alicyclic amines) is 1. The van der Waals surface area contributed by atoms with Gasteiger partial charge in [0.1, 0.15) is 0 Å². The Hall–Kier alpha value is 0.180. The van der Waals surface area contributed by atoms with Crippen LogP contribution in [0.5, 0.6) is 0 Å². The van der Waals surface area contributed by atoms with E-state index in [0.29, 0.717) is 0 Å². The van der Waals surface area contributed by atoms with Gasteiger partial charge in [0, 0.05) is 12.8 Å². The van der Waals surface area contributed by atoms with E-state index in [1.807, 2.05) is 6.08 Å². The highest BCUT2D eigenvalue weighted by molar-refractivity contribution is 4.67. The predicted molar refractivity (Wildman–Crippen MR) is 40.2 cm³/mol. The summed E-state index contributed by atoms with van der Waals surface area (Å²) in [6, 6.07) is 0. The molecule has 0 aliphatic carbocycles. The fourth-order valence-electron chi connectivity index (χ4n) is 1.59. The number of likely N-dealkylation sites (N-methyl/N-ethyl adjacent to an activating group) is 1. The molecule has 1 nitrogen and oxygen atoms in total. The molecule has 0 aromatic rings. The van der Waals surface area contributed by atoms with Gasteiger partial charge in [-0.3, -0.25) is 0 Å². The van der Waals surface area contributed by atoms with Crippen LogP contribution in [0.3, 0.4) is 0 Å². The van der Waals surface area contributed by atoms with Crippen LogP contribution in [0.1, 0.15) is 12.8 Å². The Labute approximate surface area is 74.1 Å². The van der Waals surface area contributed by atoms with Crippen molar-refractivity contribution in [1.29, 1.82) is 0 Å². The minimum absolute atomic E-state index is 0. The number of halogens is 1. The van der Waals surface area contributed by atoms with Crippen LogP contribution in [0.15, 0.2) is 12.7 Å². The predicted octanol–water partition coefficient (Wildman–Crippen LogP) is -1.58. The lowest BCUT2D eigenvalue weighted by molar-refractivity contribution is -0.891. The van der Waals surface area contributed by atoms with Gasteiger partial charge < -0.3 is 21.5 Å². The number of hydrogen-bond donors (Lipinski definition) is 0. The lowest BCUT2D eigenvalue weighted by atomic mass is 10.4. The molecule has 1 aliphatic rings. The lowest BCUT2D eigenvalue weighted by Gasteiger charge is -2.27. The SMILES string of the molecule is C=CC[N+]1(C)CCCC1.[Br-]. The van der Waals surface area contributed by atoms with Gasteiger partial charge in [0.25, 0.3) is 0 Å². The number of rotatable bonds is 2. The smallest absolute Gasteiger partial charge is 0.0969 e. The van der Waals surface area contributed by atoms with E-state index in [1.54, 1.807) is 0 Å². The van der Waals surface area contributed by atoms with Gasteiger partial charge in [-0.15, -0.1) is 0 Å². The van der Waals surface area contributed by atoms with Crippen LogP contribution in [0.4, 0.5) is 0 Å². The van der Waals surface area contributed by atoms with E-state index >= 15 is 0 Å². The topological polar surface area (TPSA) is 0 Å². The van der Waals surface area contributed by atoms with E-state index < -0.39 is 0 Å². The maximum atomic E-state index is 3.75. The molecule has 0 bridgehead atoms. The van der Waals surface area contributed by atoms with Crippen molar-refractivity contribution >= 4 is 0 Å². The molecule has 0 atom stereocenters. The largest absolute Gasteiger partial charge is 1.00 e. The molecule has 0 amide bonds. The molecule has 0 aromatic heterocycles. The van der Waals surface area contributed by atoms with Crippen molar-refractivity contribution in [3.63, 3.8) is 0 Å². The van der Waals surface area contributed by atoms with E-state index in [1.165, 1.54) is 30.4 Å². The van der Waals surface area contributed by atoms with E-state index in [9.17, 15) is 0 Å². The van der Waals surface area contributed by atoms with Crippen molar-refractivity contribution in [3.05, 3.63) is 12.7 Å². The molecule has 0 radical (unpaired) electrons. The Morgan fingerprint density at radius 3 is 2.30 bits per heavy atom. The summed E-state index contributed by atoms with van der Waals surface area (Å²) in [5.41, 5.74) is 0. The van der Waals surface area contributed by atoms with Gasteiger partial charge >= 0.3 is 0 Å². The van der Waals surface area contributed by atoms with Gasteiger partial charge in [-0.05, 0) is 6.08 Å². The zero-order valence-corrected chi connectivity index (χ0v) is 8.23. The second-order valence-corrected chi connectivity index (χ2v) is 3.25. The van der Waals surface area contributed by atoms with E-state index in [-0.39, 0.29) is 17.0 Å². The molecule has 1 heterocycles. The van der Waals surface area contributed by atoms with Gasteiger partial charge in [-0.2, -0.15) is 0 Å². The van der Waals surface area contributed by atoms with Crippen LogP contribution < -0.4 is 17.0 Å². The standard InChI is InChI=1S/C8H16N.BrH/c1-3-6-9(2)7-4-5-8-9;/h3H,1,4-8H2,2H3;1H/q+1;/p-1. The van der Waals surface area contributed by atoms with Crippen molar-refractivity contribution in [2.24, 2.45) is 0 Å². The first-order chi connectivity index (χ1) is 4.27. The first kappa shape index (κ1) is 10.2. The minimum Gasteiger partial charge on any atom is -1.00 e. The number of hydrogen-bond acceptors (Lipinski definition) is 0. The highest BCUT2D eigenvalue weighted by Crippen LogP contribution is 2.15. The summed E-state index contributed by atoms with van der Waals surface area (Å²) < 4.78 is 1.23. The van der Waals surface area contributed by atoms with Gasteiger partial charge in [0.15, 0.2) is 0 Å². The second kappa shape index (κ2) is 4.14. The molecule has 1 aliphatic heterocycles. The molecule has 0 saturated carbocycles. The van der Waals surface area contributed by atoms with Crippen molar-refractivity contribution < 1.29 is 21.5 Å². The van der Waals surface area contributed by atoms with Crippen LogP contribution in [-0.2, 0) is 0 Å². The van der Waals surface area contributed by atoms with Gasteiger partial charge in [-0.1, -0.05) is 6.58 Å². The highest BCUT2D eigenvalue weighted by atomic mass is 79.9. The number of nitrogens with zero attached hydrogens (tertiary/aromatic N) is 1. The average molecular weight is 206 g/mol. The highest BCUT2D eigenvalue weighted by Gasteiger charge is 2.24. The van der Waals surface area contributed by atoms with Crippen LogP contribution in [0.2, 0.25) is 0 Å². The first-order valence-corrected chi connectivity index (χ1v) is 3.71.